The number of benzene rings is 2. The lowest BCUT2D eigenvalue weighted by Gasteiger charge is -2.10. The Kier molecular flexibility index (Phi) is 2.32. The first kappa shape index (κ1) is 10.2. The highest BCUT2D eigenvalue weighted by molar-refractivity contribution is 5.87. The molecular weight excluding hydrogens is 204 g/mol. The fraction of sp³-hybridized carbons (Fsp3) is 0. The molecule has 0 spiro atoms. The Balaban J connectivity index is 2.61. The summed E-state index contributed by atoms with van der Waals surface area (Å²) >= 11 is 0. The summed E-state index contributed by atoms with van der Waals surface area (Å²) in [5.41, 5.74) is 13.3. The first-order valence-corrected chi connectivity index (χ1v) is 4.76. The van der Waals surface area contributed by atoms with Gasteiger partial charge < -0.3 is 21.7 Å². The fourth-order valence-electron chi connectivity index (χ4n) is 1.55. The molecule has 0 aliphatic carbocycles. The van der Waals surface area contributed by atoms with Gasteiger partial charge in [-0.15, -0.1) is 0 Å². The highest BCUT2D eigenvalue weighted by Gasteiger charge is 2.09. The molecule has 82 valence electrons. The summed E-state index contributed by atoms with van der Waals surface area (Å²) in [6.45, 7) is 0. The summed E-state index contributed by atoms with van der Waals surface area (Å²) in [6.07, 6.45) is 0. The van der Waals surface area contributed by atoms with Crippen LogP contribution in [0.4, 0.5) is 11.4 Å². The van der Waals surface area contributed by atoms with E-state index in [0.717, 1.165) is 5.56 Å². The van der Waals surface area contributed by atoms with E-state index in [1.54, 1.807) is 24.3 Å². The highest BCUT2D eigenvalue weighted by atomic mass is 16.3. The van der Waals surface area contributed by atoms with E-state index in [2.05, 4.69) is 0 Å². The number of anilines is 2. The van der Waals surface area contributed by atoms with Crippen LogP contribution in [0.15, 0.2) is 36.4 Å². The van der Waals surface area contributed by atoms with E-state index in [0.29, 0.717) is 11.3 Å². The first-order chi connectivity index (χ1) is 7.59. The minimum atomic E-state index is -0.0404. The summed E-state index contributed by atoms with van der Waals surface area (Å²) in [5.74, 6) is 0.116. The second kappa shape index (κ2) is 3.66. The van der Waals surface area contributed by atoms with Crippen LogP contribution in [0, 0.1) is 0 Å². The minimum absolute atomic E-state index is 0.0404. The highest BCUT2D eigenvalue weighted by Crippen LogP contribution is 2.36. The molecule has 0 bridgehead atoms. The van der Waals surface area contributed by atoms with Crippen LogP contribution in [-0.2, 0) is 0 Å². The molecule has 6 N–H and O–H groups in total. The van der Waals surface area contributed by atoms with Crippen LogP contribution in [0.1, 0.15) is 0 Å². The van der Waals surface area contributed by atoms with E-state index in [1.807, 2.05) is 6.07 Å². The Morgan fingerprint density at radius 3 is 2.31 bits per heavy atom. The lowest BCUT2D eigenvalue weighted by Crippen LogP contribution is -1.97. The topological polar surface area (TPSA) is 92.5 Å². The van der Waals surface area contributed by atoms with Crippen molar-refractivity contribution in [3.05, 3.63) is 36.4 Å². The third-order valence-corrected chi connectivity index (χ3v) is 2.42. The van der Waals surface area contributed by atoms with Crippen LogP contribution in [0.2, 0.25) is 0 Å². The summed E-state index contributed by atoms with van der Waals surface area (Å²) in [5, 5.41) is 18.7. The maximum absolute atomic E-state index is 9.37. The molecule has 0 radical (unpaired) electrons. The predicted molar refractivity (Wildman–Crippen MR) is 64.0 cm³/mol. The Labute approximate surface area is 92.8 Å². The number of hydrogen-bond acceptors (Lipinski definition) is 4. The van der Waals surface area contributed by atoms with Crippen molar-refractivity contribution in [2.45, 2.75) is 0 Å². The van der Waals surface area contributed by atoms with Gasteiger partial charge in [-0.25, -0.2) is 0 Å². The van der Waals surface area contributed by atoms with E-state index < -0.39 is 0 Å². The van der Waals surface area contributed by atoms with E-state index >= 15 is 0 Å². The molecule has 0 atom stereocenters. The first-order valence-electron chi connectivity index (χ1n) is 4.76. The number of rotatable bonds is 1. The maximum atomic E-state index is 9.37. The zero-order valence-electron chi connectivity index (χ0n) is 8.51. The number of aromatic hydroxyl groups is 2. The standard InChI is InChI=1S/C12H12N2O2/c13-11-9(4-5-10(16)12(11)14)7-2-1-3-8(15)6-7/h1-6,15-16H,13-14H2. The van der Waals surface area contributed by atoms with Crippen molar-refractivity contribution in [3.8, 4) is 22.6 Å². The van der Waals surface area contributed by atoms with Gasteiger partial charge in [0.1, 0.15) is 11.5 Å². The van der Waals surface area contributed by atoms with Gasteiger partial charge in [0.25, 0.3) is 0 Å². The lowest BCUT2D eigenvalue weighted by atomic mass is 10.0. The minimum Gasteiger partial charge on any atom is -0.508 e. The van der Waals surface area contributed by atoms with Crippen molar-refractivity contribution in [3.63, 3.8) is 0 Å². The zero-order valence-corrected chi connectivity index (χ0v) is 8.51. The van der Waals surface area contributed by atoms with Gasteiger partial charge in [-0.2, -0.15) is 0 Å². The average Bonchev–Trinajstić information content (AvgIpc) is 2.26. The summed E-state index contributed by atoms with van der Waals surface area (Å²) in [4.78, 5) is 0. The van der Waals surface area contributed by atoms with Crippen LogP contribution in [0.3, 0.4) is 0 Å². The van der Waals surface area contributed by atoms with Crippen LogP contribution in [0.25, 0.3) is 11.1 Å². The number of nitrogens with two attached hydrogens (primary N) is 2. The van der Waals surface area contributed by atoms with Gasteiger partial charge in [0.2, 0.25) is 0 Å². The van der Waals surface area contributed by atoms with E-state index in [4.69, 9.17) is 11.5 Å². The van der Waals surface area contributed by atoms with Gasteiger partial charge in [0.15, 0.2) is 0 Å². The fourth-order valence-corrected chi connectivity index (χ4v) is 1.55. The summed E-state index contributed by atoms with van der Waals surface area (Å²) in [7, 11) is 0. The van der Waals surface area contributed by atoms with E-state index in [9.17, 15) is 10.2 Å². The second-order valence-electron chi connectivity index (χ2n) is 3.51. The van der Waals surface area contributed by atoms with Gasteiger partial charge in [-0.1, -0.05) is 12.1 Å². The third kappa shape index (κ3) is 1.61. The molecule has 0 amide bonds. The molecule has 4 heteroatoms. The third-order valence-electron chi connectivity index (χ3n) is 2.42. The molecule has 0 aliphatic heterocycles. The average molecular weight is 216 g/mol. The Bertz CT molecular complexity index is 539. The molecule has 0 heterocycles. The molecule has 0 saturated heterocycles. The molecule has 0 unspecified atom stereocenters. The van der Waals surface area contributed by atoms with Gasteiger partial charge in [0, 0.05) is 5.56 Å². The van der Waals surface area contributed by atoms with Crippen molar-refractivity contribution in [1.82, 2.24) is 0 Å². The monoisotopic (exact) mass is 216 g/mol. The number of nitrogen functional groups attached to an aromatic ring is 2. The van der Waals surface area contributed by atoms with E-state index in [-0.39, 0.29) is 17.2 Å². The van der Waals surface area contributed by atoms with Crippen molar-refractivity contribution >= 4 is 11.4 Å². The normalized spacial score (nSPS) is 10.2. The Hall–Kier alpha value is -2.36. The maximum Gasteiger partial charge on any atom is 0.140 e. The molecule has 0 fully saturated rings. The molecule has 2 aromatic carbocycles. The summed E-state index contributed by atoms with van der Waals surface area (Å²) in [6, 6.07) is 9.82. The SMILES string of the molecule is Nc1c(O)ccc(-c2cccc(O)c2)c1N. The van der Waals surface area contributed by atoms with Crippen LogP contribution in [0.5, 0.6) is 11.5 Å². The molecule has 2 aromatic rings. The molecule has 2 rings (SSSR count). The largest absolute Gasteiger partial charge is 0.508 e. The number of hydrogen-bond donors (Lipinski definition) is 4. The van der Waals surface area contributed by atoms with Crippen LogP contribution < -0.4 is 11.5 Å². The lowest BCUT2D eigenvalue weighted by molar-refractivity contribution is 0.475. The van der Waals surface area contributed by atoms with E-state index in [1.165, 1.54) is 6.07 Å². The van der Waals surface area contributed by atoms with Gasteiger partial charge >= 0.3 is 0 Å². The Morgan fingerprint density at radius 1 is 0.875 bits per heavy atom. The van der Waals surface area contributed by atoms with Crippen molar-refractivity contribution in [2.75, 3.05) is 11.5 Å². The predicted octanol–water partition coefficient (Wildman–Crippen LogP) is 1.93. The quantitative estimate of drug-likeness (QED) is 0.433. The summed E-state index contributed by atoms with van der Waals surface area (Å²) < 4.78 is 0. The van der Waals surface area contributed by atoms with Gasteiger partial charge in [-0.05, 0) is 29.8 Å². The van der Waals surface area contributed by atoms with Crippen molar-refractivity contribution in [2.24, 2.45) is 0 Å². The molecule has 0 saturated carbocycles. The molecule has 0 aliphatic rings. The number of phenols is 2. The van der Waals surface area contributed by atoms with Gasteiger partial charge in [0.05, 0.1) is 11.4 Å². The van der Waals surface area contributed by atoms with Gasteiger partial charge in [-0.3, -0.25) is 0 Å². The smallest absolute Gasteiger partial charge is 0.140 e. The molecule has 16 heavy (non-hydrogen) atoms. The van der Waals surface area contributed by atoms with Crippen molar-refractivity contribution < 1.29 is 10.2 Å². The van der Waals surface area contributed by atoms with Crippen LogP contribution in [-0.4, -0.2) is 10.2 Å². The Morgan fingerprint density at radius 2 is 1.62 bits per heavy atom. The molecular formula is C12H12N2O2. The van der Waals surface area contributed by atoms with Crippen LogP contribution >= 0.6 is 0 Å². The second-order valence-corrected chi connectivity index (χ2v) is 3.51. The number of phenolic OH excluding ortho intramolecular Hbond substituents is 2. The molecule has 0 aromatic heterocycles. The van der Waals surface area contributed by atoms with Crippen molar-refractivity contribution in [1.29, 1.82) is 0 Å². The molecule has 4 nitrogen and oxygen atoms in total. The zero-order chi connectivity index (χ0) is 11.7.